The number of hydrogen-bond donors (Lipinski definition) is 2. The minimum atomic E-state index is 0. The smallest absolute Gasteiger partial charge is 0.157 e. The third-order valence-corrected chi connectivity index (χ3v) is 6.24. The maximum atomic E-state index is 4.48. The van der Waals surface area contributed by atoms with Crippen LogP contribution in [-0.4, -0.2) is 36.5 Å². The van der Waals surface area contributed by atoms with Gasteiger partial charge in [-0.1, -0.05) is 29.6 Å². The lowest BCUT2D eigenvalue weighted by Gasteiger charge is -2.17. The number of benzene rings is 1. The van der Waals surface area contributed by atoms with Crippen LogP contribution in [0.15, 0.2) is 16.1 Å². The Labute approximate surface area is 171 Å². The Morgan fingerprint density at radius 2 is 1.28 bits per heavy atom. The maximum Gasteiger partial charge on any atom is 0.157 e. The maximum absolute atomic E-state index is 4.48. The van der Waals surface area contributed by atoms with Crippen molar-refractivity contribution in [2.45, 2.75) is 32.3 Å². The SMILES string of the molecule is Cc1cc(C)c(CSC2=NCCN2)c(C)c1CSC1=NCCN1.[Cl-].[Cl-]. The van der Waals surface area contributed by atoms with Crippen molar-refractivity contribution in [3.63, 3.8) is 0 Å². The first kappa shape index (κ1) is 22.5. The molecule has 0 atom stereocenters. The van der Waals surface area contributed by atoms with E-state index in [1.165, 1.54) is 27.8 Å². The molecule has 0 amide bonds. The van der Waals surface area contributed by atoms with Crippen LogP contribution < -0.4 is 35.4 Å². The number of nitrogens with one attached hydrogen (secondary N) is 2. The van der Waals surface area contributed by atoms with Gasteiger partial charge in [0, 0.05) is 24.6 Å². The van der Waals surface area contributed by atoms with Crippen LogP contribution in [0.5, 0.6) is 0 Å². The van der Waals surface area contributed by atoms with E-state index in [0.717, 1.165) is 48.0 Å². The first-order valence-corrected chi connectivity index (χ1v) is 10.0. The fraction of sp³-hybridized carbons (Fsp3) is 0.529. The van der Waals surface area contributed by atoms with Crippen LogP contribution in [0, 0.1) is 20.8 Å². The summed E-state index contributed by atoms with van der Waals surface area (Å²) in [6, 6.07) is 2.33. The van der Waals surface area contributed by atoms with Crippen LogP contribution in [0.25, 0.3) is 0 Å². The van der Waals surface area contributed by atoms with Gasteiger partial charge in [0.1, 0.15) is 0 Å². The molecule has 2 N–H and O–H groups in total. The van der Waals surface area contributed by atoms with Crippen molar-refractivity contribution in [1.29, 1.82) is 0 Å². The van der Waals surface area contributed by atoms with Crippen LogP contribution in [0.4, 0.5) is 0 Å². The quantitative estimate of drug-likeness (QED) is 0.547. The summed E-state index contributed by atoms with van der Waals surface area (Å²) in [7, 11) is 0. The molecule has 4 nitrogen and oxygen atoms in total. The minimum absolute atomic E-state index is 0. The fourth-order valence-electron chi connectivity index (χ4n) is 2.94. The number of amidine groups is 2. The van der Waals surface area contributed by atoms with E-state index in [2.05, 4.69) is 47.5 Å². The molecule has 3 rings (SSSR count). The molecule has 8 heteroatoms. The van der Waals surface area contributed by atoms with Gasteiger partial charge in [-0.3, -0.25) is 9.98 Å². The lowest BCUT2D eigenvalue weighted by molar-refractivity contribution is -0.00100. The Morgan fingerprint density at radius 1 is 0.840 bits per heavy atom. The Kier molecular flexibility index (Phi) is 9.49. The molecule has 1 aromatic carbocycles. The molecular formula is C17H24Cl2N4S2-2. The molecule has 0 bridgehead atoms. The van der Waals surface area contributed by atoms with Crippen LogP contribution in [0.3, 0.4) is 0 Å². The summed E-state index contributed by atoms with van der Waals surface area (Å²) in [5.41, 5.74) is 7.11. The zero-order valence-corrected chi connectivity index (χ0v) is 17.9. The lowest BCUT2D eigenvalue weighted by Crippen LogP contribution is -3.00. The zero-order valence-electron chi connectivity index (χ0n) is 14.8. The van der Waals surface area contributed by atoms with E-state index in [1.54, 1.807) is 0 Å². The number of aryl methyl sites for hydroxylation is 2. The average molecular weight is 419 g/mol. The van der Waals surface area contributed by atoms with Crippen LogP contribution in [-0.2, 0) is 11.5 Å². The molecule has 0 spiro atoms. The van der Waals surface area contributed by atoms with E-state index in [9.17, 15) is 0 Å². The summed E-state index contributed by atoms with van der Waals surface area (Å²) in [5.74, 6) is 1.97. The molecule has 25 heavy (non-hydrogen) atoms. The first-order chi connectivity index (χ1) is 11.1. The van der Waals surface area contributed by atoms with Gasteiger partial charge in [0.05, 0.1) is 13.1 Å². The second-order valence-electron chi connectivity index (χ2n) is 5.90. The van der Waals surface area contributed by atoms with Crippen molar-refractivity contribution in [2.24, 2.45) is 9.98 Å². The summed E-state index contributed by atoms with van der Waals surface area (Å²) in [5, 5.41) is 8.85. The topological polar surface area (TPSA) is 48.8 Å². The molecule has 0 aliphatic carbocycles. The highest BCUT2D eigenvalue weighted by atomic mass is 35.5. The van der Waals surface area contributed by atoms with Gasteiger partial charge in [0.25, 0.3) is 0 Å². The monoisotopic (exact) mass is 418 g/mol. The number of nitrogens with zero attached hydrogens (tertiary/aromatic N) is 2. The van der Waals surface area contributed by atoms with Crippen LogP contribution in [0.2, 0.25) is 0 Å². The molecule has 0 unspecified atom stereocenters. The summed E-state index contributed by atoms with van der Waals surface area (Å²) >= 11 is 3.64. The van der Waals surface area contributed by atoms with Crippen LogP contribution in [0.1, 0.15) is 27.8 Å². The Hall–Kier alpha value is -0.560. The first-order valence-electron chi connectivity index (χ1n) is 8.06. The predicted octanol–water partition coefficient (Wildman–Crippen LogP) is -3.00. The minimum Gasteiger partial charge on any atom is -1.00 e. The molecule has 0 fully saturated rings. The number of aliphatic imine (C=N–C) groups is 2. The van der Waals surface area contributed by atoms with Gasteiger partial charge < -0.3 is 35.4 Å². The fourth-order valence-corrected chi connectivity index (χ4v) is 5.17. The number of rotatable bonds is 4. The Bertz CT molecular complexity index is 610. The molecule has 0 aromatic heterocycles. The van der Waals surface area contributed by atoms with Crippen molar-refractivity contribution >= 4 is 33.9 Å². The molecule has 2 aliphatic heterocycles. The Morgan fingerprint density at radius 3 is 1.64 bits per heavy atom. The van der Waals surface area contributed by atoms with E-state index in [1.807, 2.05) is 23.5 Å². The molecule has 0 radical (unpaired) electrons. The van der Waals surface area contributed by atoms with E-state index in [0.29, 0.717) is 0 Å². The third-order valence-electron chi connectivity index (χ3n) is 4.28. The highest BCUT2D eigenvalue weighted by Crippen LogP contribution is 2.29. The summed E-state index contributed by atoms with van der Waals surface area (Å²) in [6.45, 7) is 10.5. The standard InChI is InChI=1S/C17H24N4S2.2ClH/c1-11-8-12(2)15(10-23-17-20-6-7-21-17)13(3)14(11)9-22-16-18-4-5-19-16;;/h8H,4-7,9-10H2,1-3H3,(H,18,19)(H,20,21);2*1H/p-2. The summed E-state index contributed by atoms with van der Waals surface area (Å²) in [6.07, 6.45) is 0. The highest BCUT2D eigenvalue weighted by Gasteiger charge is 2.15. The molecule has 0 saturated heterocycles. The zero-order chi connectivity index (χ0) is 16.2. The predicted molar refractivity (Wildman–Crippen MR) is 104 cm³/mol. The second kappa shape index (κ2) is 10.6. The number of hydrogen-bond acceptors (Lipinski definition) is 6. The second-order valence-corrected chi connectivity index (χ2v) is 7.83. The molecule has 0 saturated carbocycles. The molecule has 2 aliphatic rings. The number of thioether (sulfide) groups is 2. The molecule has 2 heterocycles. The highest BCUT2D eigenvalue weighted by molar-refractivity contribution is 8.13. The van der Waals surface area contributed by atoms with Crippen molar-refractivity contribution in [3.05, 3.63) is 33.9 Å². The lowest BCUT2D eigenvalue weighted by atomic mass is 9.95. The average Bonchev–Trinajstić information content (AvgIpc) is 3.19. The van der Waals surface area contributed by atoms with Crippen molar-refractivity contribution in [1.82, 2.24) is 10.6 Å². The van der Waals surface area contributed by atoms with Crippen molar-refractivity contribution in [2.75, 3.05) is 26.2 Å². The molecule has 1 aromatic rings. The third kappa shape index (κ3) is 5.71. The molecular weight excluding hydrogens is 395 g/mol. The van der Waals surface area contributed by atoms with Gasteiger partial charge in [-0.25, -0.2) is 0 Å². The van der Waals surface area contributed by atoms with Gasteiger partial charge in [0.15, 0.2) is 10.3 Å². The number of halogens is 2. The van der Waals surface area contributed by atoms with Crippen LogP contribution >= 0.6 is 23.5 Å². The van der Waals surface area contributed by atoms with Gasteiger partial charge in [-0.05, 0) is 48.6 Å². The normalized spacial score (nSPS) is 15.5. The van der Waals surface area contributed by atoms with Crippen molar-refractivity contribution in [3.8, 4) is 0 Å². The van der Waals surface area contributed by atoms with E-state index in [4.69, 9.17) is 0 Å². The van der Waals surface area contributed by atoms with Gasteiger partial charge in [-0.2, -0.15) is 0 Å². The van der Waals surface area contributed by atoms with Gasteiger partial charge >= 0.3 is 0 Å². The Balaban J connectivity index is 0.00000156. The van der Waals surface area contributed by atoms with E-state index in [-0.39, 0.29) is 24.8 Å². The summed E-state index contributed by atoms with van der Waals surface area (Å²) in [4.78, 5) is 8.96. The summed E-state index contributed by atoms with van der Waals surface area (Å²) < 4.78 is 0. The van der Waals surface area contributed by atoms with Gasteiger partial charge in [0.2, 0.25) is 0 Å². The van der Waals surface area contributed by atoms with Crippen molar-refractivity contribution < 1.29 is 24.8 Å². The molecule has 140 valence electrons. The van der Waals surface area contributed by atoms with Gasteiger partial charge in [-0.15, -0.1) is 0 Å². The van der Waals surface area contributed by atoms with E-state index < -0.39 is 0 Å². The largest absolute Gasteiger partial charge is 1.00 e. The van der Waals surface area contributed by atoms with E-state index >= 15 is 0 Å².